The van der Waals surface area contributed by atoms with Gasteiger partial charge in [0.15, 0.2) is 11.5 Å². The molecule has 1 rings (SSSR count). The Morgan fingerprint density at radius 1 is 1.25 bits per heavy atom. The topological polar surface area (TPSA) is 50.7 Å². The molecule has 0 bridgehead atoms. The molecule has 1 aromatic carbocycles. The van der Waals surface area contributed by atoms with Gasteiger partial charge in [0.2, 0.25) is 0 Å². The number of hydrogen-bond acceptors (Lipinski definition) is 4. The van der Waals surface area contributed by atoms with Gasteiger partial charge in [0.05, 0.1) is 0 Å². The largest absolute Gasteiger partial charge is 0.487 e. The van der Waals surface area contributed by atoms with Gasteiger partial charge in [-0.05, 0) is 32.9 Å². The van der Waals surface area contributed by atoms with E-state index in [1.165, 1.54) is 0 Å². The molecule has 4 nitrogen and oxygen atoms in total. The van der Waals surface area contributed by atoms with E-state index in [4.69, 9.17) is 9.47 Å². The van der Waals surface area contributed by atoms with Gasteiger partial charge in [0, 0.05) is 12.1 Å². The molecular weight excluding hydrogens is 254 g/mol. The molecule has 1 aromatic rings. The van der Waals surface area contributed by atoms with Crippen molar-refractivity contribution in [1.29, 1.82) is 0 Å². The first-order valence-electron chi connectivity index (χ1n) is 6.81. The number of rotatable bonds is 8. The van der Waals surface area contributed by atoms with Crippen molar-refractivity contribution in [2.24, 2.45) is 0 Å². The number of para-hydroxylation sites is 2. The van der Waals surface area contributed by atoms with Crippen LogP contribution in [0.25, 0.3) is 0 Å². The highest BCUT2D eigenvalue weighted by molar-refractivity contribution is 5.39. The lowest BCUT2D eigenvalue weighted by atomic mass is 10.1. The van der Waals surface area contributed by atoms with Gasteiger partial charge in [-0.25, -0.2) is 0 Å². The van der Waals surface area contributed by atoms with E-state index in [9.17, 15) is 5.11 Å². The third-order valence-corrected chi connectivity index (χ3v) is 2.51. The molecule has 1 atom stereocenters. The molecule has 0 heterocycles. The molecule has 0 saturated carbocycles. The average molecular weight is 279 g/mol. The summed E-state index contributed by atoms with van der Waals surface area (Å²) in [7, 11) is 0. The zero-order valence-electron chi connectivity index (χ0n) is 12.6. The lowest BCUT2D eigenvalue weighted by Gasteiger charge is -2.23. The summed E-state index contributed by atoms with van der Waals surface area (Å²) in [6.07, 6.45) is 1.11. The lowest BCUT2D eigenvalue weighted by molar-refractivity contribution is 0.0982. The Morgan fingerprint density at radius 3 is 2.40 bits per heavy atom. The van der Waals surface area contributed by atoms with Gasteiger partial charge in [-0.15, -0.1) is 0 Å². The highest BCUT2D eigenvalue weighted by Crippen LogP contribution is 2.26. The van der Waals surface area contributed by atoms with E-state index in [0.717, 1.165) is 0 Å². The second kappa shape index (κ2) is 7.92. The monoisotopic (exact) mass is 279 g/mol. The SMILES string of the molecule is C=CCOc1ccccc1OCC(O)CNC(C)(C)C. The van der Waals surface area contributed by atoms with Gasteiger partial charge in [0.1, 0.15) is 19.3 Å². The van der Waals surface area contributed by atoms with Crippen LogP contribution in [0.15, 0.2) is 36.9 Å². The van der Waals surface area contributed by atoms with E-state index in [0.29, 0.717) is 24.7 Å². The normalized spacial score (nSPS) is 12.8. The number of aliphatic hydroxyl groups is 1. The fourth-order valence-corrected chi connectivity index (χ4v) is 1.51. The third kappa shape index (κ3) is 6.59. The van der Waals surface area contributed by atoms with E-state index < -0.39 is 6.10 Å². The lowest BCUT2D eigenvalue weighted by Crippen LogP contribution is -2.42. The minimum Gasteiger partial charge on any atom is -0.487 e. The second-order valence-corrected chi connectivity index (χ2v) is 5.64. The average Bonchev–Trinajstić information content (AvgIpc) is 2.40. The number of benzene rings is 1. The van der Waals surface area contributed by atoms with Crippen LogP contribution >= 0.6 is 0 Å². The van der Waals surface area contributed by atoms with Crippen LogP contribution in [0, 0.1) is 0 Å². The molecule has 0 amide bonds. The maximum atomic E-state index is 9.90. The van der Waals surface area contributed by atoms with E-state index in [1.807, 2.05) is 24.3 Å². The van der Waals surface area contributed by atoms with Gasteiger partial charge < -0.3 is 19.9 Å². The first kappa shape index (κ1) is 16.5. The fraction of sp³-hybridized carbons (Fsp3) is 0.500. The molecular formula is C16H25NO3. The Hall–Kier alpha value is -1.52. The van der Waals surface area contributed by atoms with Crippen LogP contribution in [-0.4, -0.2) is 36.5 Å². The van der Waals surface area contributed by atoms with E-state index >= 15 is 0 Å². The third-order valence-electron chi connectivity index (χ3n) is 2.51. The molecule has 0 radical (unpaired) electrons. The van der Waals surface area contributed by atoms with Crippen LogP contribution in [0.1, 0.15) is 20.8 Å². The molecule has 0 spiro atoms. The van der Waals surface area contributed by atoms with Crippen molar-refractivity contribution in [3.8, 4) is 11.5 Å². The summed E-state index contributed by atoms with van der Waals surface area (Å²) in [5.74, 6) is 1.28. The number of hydrogen-bond donors (Lipinski definition) is 2. The quantitative estimate of drug-likeness (QED) is 0.717. The van der Waals surface area contributed by atoms with Gasteiger partial charge in [0.25, 0.3) is 0 Å². The molecule has 0 aliphatic heterocycles. The summed E-state index contributed by atoms with van der Waals surface area (Å²) in [5.41, 5.74) is -0.0219. The Balaban J connectivity index is 2.46. The second-order valence-electron chi connectivity index (χ2n) is 5.64. The Kier molecular flexibility index (Phi) is 6.55. The van der Waals surface area contributed by atoms with E-state index in [-0.39, 0.29) is 12.1 Å². The molecule has 2 N–H and O–H groups in total. The minimum atomic E-state index is -0.568. The van der Waals surface area contributed by atoms with Crippen LogP contribution in [0.5, 0.6) is 11.5 Å². The molecule has 0 aromatic heterocycles. The van der Waals surface area contributed by atoms with E-state index in [1.54, 1.807) is 6.08 Å². The molecule has 20 heavy (non-hydrogen) atoms. The Labute approximate surface area is 121 Å². The van der Waals surface area contributed by atoms with Crippen molar-refractivity contribution in [3.63, 3.8) is 0 Å². The maximum Gasteiger partial charge on any atom is 0.161 e. The van der Waals surface area contributed by atoms with Crippen molar-refractivity contribution >= 4 is 0 Å². The van der Waals surface area contributed by atoms with Crippen molar-refractivity contribution in [2.75, 3.05) is 19.8 Å². The number of aliphatic hydroxyl groups excluding tert-OH is 1. The number of ether oxygens (including phenoxy) is 2. The summed E-state index contributed by atoms with van der Waals surface area (Å²) >= 11 is 0. The molecule has 0 fully saturated rings. The fourth-order valence-electron chi connectivity index (χ4n) is 1.51. The van der Waals surface area contributed by atoms with Crippen molar-refractivity contribution in [1.82, 2.24) is 5.32 Å². The minimum absolute atomic E-state index is 0.0219. The Morgan fingerprint density at radius 2 is 1.85 bits per heavy atom. The van der Waals surface area contributed by atoms with Crippen molar-refractivity contribution in [3.05, 3.63) is 36.9 Å². The predicted molar refractivity (Wildman–Crippen MR) is 81.4 cm³/mol. The molecule has 0 aliphatic rings. The zero-order valence-corrected chi connectivity index (χ0v) is 12.6. The first-order chi connectivity index (χ1) is 9.42. The van der Waals surface area contributed by atoms with Gasteiger partial charge in [-0.1, -0.05) is 24.8 Å². The maximum absolute atomic E-state index is 9.90. The molecule has 0 aliphatic carbocycles. The summed E-state index contributed by atoms with van der Waals surface area (Å²) in [4.78, 5) is 0. The van der Waals surface area contributed by atoms with Crippen LogP contribution in [-0.2, 0) is 0 Å². The van der Waals surface area contributed by atoms with Crippen molar-refractivity contribution in [2.45, 2.75) is 32.4 Å². The highest BCUT2D eigenvalue weighted by atomic mass is 16.5. The smallest absolute Gasteiger partial charge is 0.161 e. The van der Waals surface area contributed by atoms with Crippen LogP contribution < -0.4 is 14.8 Å². The standard InChI is InChI=1S/C16H25NO3/c1-5-10-19-14-8-6-7-9-15(14)20-12-13(18)11-17-16(2,3)4/h5-9,13,17-18H,1,10-12H2,2-4H3. The summed E-state index contributed by atoms with van der Waals surface area (Å²) in [6, 6.07) is 7.40. The van der Waals surface area contributed by atoms with Crippen LogP contribution in [0.3, 0.4) is 0 Å². The zero-order chi connectivity index (χ0) is 15.0. The van der Waals surface area contributed by atoms with E-state index in [2.05, 4.69) is 32.7 Å². The van der Waals surface area contributed by atoms with Gasteiger partial charge in [-0.2, -0.15) is 0 Å². The van der Waals surface area contributed by atoms with Crippen LogP contribution in [0.2, 0.25) is 0 Å². The van der Waals surface area contributed by atoms with Crippen LogP contribution in [0.4, 0.5) is 0 Å². The molecule has 0 saturated heterocycles. The predicted octanol–water partition coefficient (Wildman–Crippen LogP) is 2.38. The molecule has 1 unspecified atom stereocenters. The summed E-state index contributed by atoms with van der Waals surface area (Å²) in [5, 5.41) is 13.1. The highest BCUT2D eigenvalue weighted by Gasteiger charge is 2.13. The number of β-amino-alcohol motifs (C(OH)–C–C–N with tert-alkyl or cyclic N) is 1. The number of nitrogens with one attached hydrogen (secondary N) is 1. The summed E-state index contributed by atoms with van der Waals surface area (Å²) < 4.78 is 11.1. The Bertz CT molecular complexity index is 412. The van der Waals surface area contributed by atoms with Crippen molar-refractivity contribution < 1.29 is 14.6 Å². The summed E-state index contributed by atoms with van der Waals surface area (Å²) in [6.45, 7) is 10.9. The molecule has 4 heteroatoms. The van der Waals surface area contributed by atoms with Gasteiger partial charge >= 0.3 is 0 Å². The molecule has 112 valence electrons. The van der Waals surface area contributed by atoms with Gasteiger partial charge in [-0.3, -0.25) is 0 Å². The first-order valence-corrected chi connectivity index (χ1v) is 6.81.